The lowest BCUT2D eigenvalue weighted by atomic mass is 10.1. The lowest BCUT2D eigenvalue weighted by molar-refractivity contribution is -0.123. The first kappa shape index (κ1) is 15.8. The molecule has 0 bridgehead atoms. The third-order valence-corrected chi connectivity index (χ3v) is 2.98. The van der Waals surface area contributed by atoms with Crippen molar-refractivity contribution in [2.75, 3.05) is 6.61 Å². The Morgan fingerprint density at radius 3 is 2.68 bits per heavy atom. The molecule has 0 unspecified atom stereocenters. The average molecular weight is 303 g/mol. The molecule has 4 nitrogen and oxygen atoms in total. The number of hydrazone groups is 1. The third-order valence-electron chi connectivity index (χ3n) is 2.45. The van der Waals surface area contributed by atoms with Crippen LogP contribution in [0.1, 0.15) is 20.8 Å². The van der Waals surface area contributed by atoms with Gasteiger partial charge in [-0.15, -0.1) is 0 Å². The highest BCUT2D eigenvalue weighted by molar-refractivity contribution is 6.35. The number of nitrogens with zero attached hydrogens (tertiary/aromatic N) is 1. The second-order valence-electron chi connectivity index (χ2n) is 4.31. The van der Waals surface area contributed by atoms with E-state index in [4.69, 9.17) is 27.9 Å². The Hall–Kier alpha value is -1.26. The molecule has 0 aliphatic heterocycles. The van der Waals surface area contributed by atoms with Crippen LogP contribution in [-0.4, -0.2) is 18.2 Å². The number of hydrogen-bond donors (Lipinski definition) is 1. The molecule has 1 amide bonds. The van der Waals surface area contributed by atoms with Crippen molar-refractivity contribution in [1.82, 2.24) is 5.43 Å². The zero-order chi connectivity index (χ0) is 14.4. The quantitative estimate of drug-likeness (QED) is 0.668. The predicted molar refractivity (Wildman–Crippen MR) is 78.0 cm³/mol. The number of amides is 1. The first-order valence-corrected chi connectivity index (χ1v) is 6.56. The molecule has 19 heavy (non-hydrogen) atoms. The van der Waals surface area contributed by atoms with Crippen molar-refractivity contribution in [3.8, 4) is 5.75 Å². The zero-order valence-corrected chi connectivity index (χ0v) is 12.5. The third kappa shape index (κ3) is 5.49. The van der Waals surface area contributed by atoms with Gasteiger partial charge in [0.05, 0.1) is 5.02 Å². The van der Waals surface area contributed by atoms with E-state index in [1.165, 1.54) is 0 Å². The average Bonchev–Trinajstić information content (AvgIpc) is 2.34. The monoisotopic (exact) mass is 302 g/mol. The van der Waals surface area contributed by atoms with Crippen LogP contribution < -0.4 is 10.2 Å². The van der Waals surface area contributed by atoms with E-state index in [0.29, 0.717) is 15.8 Å². The smallest absolute Gasteiger partial charge is 0.277 e. The Balaban J connectivity index is 2.48. The highest BCUT2D eigenvalue weighted by atomic mass is 35.5. The van der Waals surface area contributed by atoms with Gasteiger partial charge in [-0.1, -0.05) is 37.0 Å². The van der Waals surface area contributed by atoms with E-state index in [0.717, 1.165) is 5.71 Å². The maximum absolute atomic E-state index is 11.5. The van der Waals surface area contributed by atoms with Gasteiger partial charge in [0.15, 0.2) is 6.61 Å². The fourth-order valence-corrected chi connectivity index (χ4v) is 1.51. The van der Waals surface area contributed by atoms with E-state index in [1.54, 1.807) is 18.2 Å². The Bertz CT molecular complexity index is 488. The molecule has 1 aromatic rings. The molecule has 0 aliphatic rings. The molecule has 0 radical (unpaired) electrons. The van der Waals surface area contributed by atoms with Crippen molar-refractivity contribution in [3.63, 3.8) is 0 Å². The summed E-state index contributed by atoms with van der Waals surface area (Å²) in [5.41, 5.74) is 3.26. The molecule has 104 valence electrons. The van der Waals surface area contributed by atoms with E-state index in [2.05, 4.69) is 10.5 Å². The van der Waals surface area contributed by atoms with Gasteiger partial charge in [-0.05, 0) is 31.0 Å². The summed E-state index contributed by atoms with van der Waals surface area (Å²) in [4.78, 5) is 11.5. The van der Waals surface area contributed by atoms with Crippen molar-refractivity contribution < 1.29 is 9.53 Å². The van der Waals surface area contributed by atoms with Crippen LogP contribution in [0.15, 0.2) is 23.3 Å². The maximum atomic E-state index is 11.5. The molecule has 0 fully saturated rings. The van der Waals surface area contributed by atoms with Crippen molar-refractivity contribution in [2.24, 2.45) is 11.0 Å². The summed E-state index contributed by atoms with van der Waals surface area (Å²) in [6.07, 6.45) is 0. The van der Waals surface area contributed by atoms with Crippen LogP contribution in [0.3, 0.4) is 0 Å². The fourth-order valence-electron chi connectivity index (χ4n) is 1.05. The molecule has 0 heterocycles. The normalized spacial score (nSPS) is 11.6. The van der Waals surface area contributed by atoms with Gasteiger partial charge >= 0.3 is 0 Å². The summed E-state index contributed by atoms with van der Waals surface area (Å²) < 4.78 is 5.27. The van der Waals surface area contributed by atoms with Gasteiger partial charge < -0.3 is 4.74 Å². The highest BCUT2D eigenvalue weighted by Gasteiger charge is 2.06. The fraction of sp³-hybridized carbons (Fsp3) is 0.385. The second kappa shape index (κ2) is 7.36. The number of carbonyl (C=O) groups is 1. The van der Waals surface area contributed by atoms with Crippen LogP contribution in [0.25, 0.3) is 0 Å². The van der Waals surface area contributed by atoms with E-state index < -0.39 is 0 Å². The minimum Gasteiger partial charge on any atom is -0.482 e. The number of carbonyl (C=O) groups excluding carboxylic acids is 1. The Kier molecular flexibility index (Phi) is 6.12. The van der Waals surface area contributed by atoms with E-state index in [-0.39, 0.29) is 18.4 Å². The molecule has 0 aliphatic carbocycles. The van der Waals surface area contributed by atoms with E-state index >= 15 is 0 Å². The standard InChI is InChI=1S/C13H16Cl2N2O2/c1-8(2)9(3)16-17-13(18)7-19-12-5-4-10(14)6-11(12)15/h4-6,8H,7H2,1-3H3,(H,17,18). The lowest BCUT2D eigenvalue weighted by Gasteiger charge is -2.08. The SMILES string of the molecule is CC(=NNC(=O)COc1ccc(Cl)cc1Cl)C(C)C. The summed E-state index contributed by atoms with van der Waals surface area (Å²) in [7, 11) is 0. The molecule has 0 saturated heterocycles. The van der Waals surface area contributed by atoms with Gasteiger partial charge in [-0.3, -0.25) is 4.79 Å². The van der Waals surface area contributed by atoms with E-state index in [9.17, 15) is 4.79 Å². The molecule has 0 atom stereocenters. The van der Waals surface area contributed by atoms with Crippen molar-refractivity contribution >= 4 is 34.8 Å². The summed E-state index contributed by atoms with van der Waals surface area (Å²) in [6.45, 7) is 5.68. The Morgan fingerprint density at radius 1 is 1.42 bits per heavy atom. The lowest BCUT2D eigenvalue weighted by Crippen LogP contribution is -2.26. The number of ether oxygens (including phenoxy) is 1. The Labute approximate surface area is 122 Å². The van der Waals surface area contributed by atoms with Crippen LogP contribution in [0, 0.1) is 5.92 Å². The molecule has 0 aromatic heterocycles. The maximum Gasteiger partial charge on any atom is 0.277 e. The topological polar surface area (TPSA) is 50.7 Å². The predicted octanol–water partition coefficient (Wildman–Crippen LogP) is 3.52. The highest BCUT2D eigenvalue weighted by Crippen LogP contribution is 2.27. The van der Waals surface area contributed by atoms with Gasteiger partial charge in [-0.2, -0.15) is 5.10 Å². The molecular formula is C13H16Cl2N2O2. The number of benzene rings is 1. The number of rotatable bonds is 5. The molecule has 1 aromatic carbocycles. The van der Waals surface area contributed by atoms with Gasteiger partial charge in [-0.25, -0.2) is 5.43 Å². The van der Waals surface area contributed by atoms with Crippen LogP contribution in [0.2, 0.25) is 10.0 Å². The van der Waals surface area contributed by atoms with Crippen LogP contribution in [-0.2, 0) is 4.79 Å². The minimum atomic E-state index is -0.342. The molecule has 0 saturated carbocycles. The largest absolute Gasteiger partial charge is 0.482 e. The second-order valence-corrected chi connectivity index (χ2v) is 5.15. The van der Waals surface area contributed by atoms with Crippen LogP contribution in [0.4, 0.5) is 0 Å². The Morgan fingerprint density at radius 2 is 2.11 bits per heavy atom. The van der Waals surface area contributed by atoms with Gasteiger partial charge in [0.25, 0.3) is 5.91 Å². The molecule has 0 spiro atoms. The minimum absolute atomic E-state index is 0.157. The van der Waals surface area contributed by atoms with Crippen LogP contribution in [0.5, 0.6) is 5.75 Å². The van der Waals surface area contributed by atoms with Crippen molar-refractivity contribution in [1.29, 1.82) is 0 Å². The van der Waals surface area contributed by atoms with Gasteiger partial charge in [0.2, 0.25) is 0 Å². The van der Waals surface area contributed by atoms with Gasteiger partial charge in [0.1, 0.15) is 5.75 Å². The molecule has 6 heteroatoms. The number of hydrogen-bond acceptors (Lipinski definition) is 3. The summed E-state index contributed by atoms with van der Waals surface area (Å²) in [5.74, 6) is 0.351. The summed E-state index contributed by atoms with van der Waals surface area (Å²) in [6, 6.07) is 4.81. The first-order valence-electron chi connectivity index (χ1n) is 5.81. The van der Waals surface area contributed by atoms with E-state index in [1.807, 2.05) is 20.8 Å². The van der Waals surface area contributed by atoms with Crippen molar-refractivity contribution in [2.45, 2.75) is 20.8 Å². The molecular weight excluding hydrogens is 287 g/mol. The summed E-state index contributed by atoms with van der Waals surface area (Å²) >= 11 is 11.7. The van der Waals surface area contributed by atoms with Gasteiger partial charge in [0, 0.05) is 10.7 Å². The first-order chi connectivity index (χ1) is 8.90. The summed E-state index contributed by atoms with van der Waals surface area (Å²) in [5, 5.41) is 4.83. The van der Waals surface area contributed by atoms with Crippen molar-refractivity contribution in [3.05, 3.63) is 28.2 Å². The molecule has 1 N–H and O–H groups in total. The van der Waals surface area contributed by atoms with Crippen LogP contribution >= 0.6 is 23.2 Å². The number of halogens is 2. The molecule has 1 rings (SSSR count). The number of nitrogens with one attached hydrogen (secondary N) is 1. The zero-order valence-electron chi connectivity index (χ0n) is 11.0.